The van der Waals surface area contributed by atoms with E-state index in [1.807, 2.05) is 24.7 Å². The third-order valence-corrected chi connectivity index (χ3v) is 3.51. The van der Waals surface area contributed by atoms with Crippen LogP contribution in [0.4, 0.5) is 0 Å². The van der Waals surface area contributed by atoms with Gasteiger partial charge in [0.15, 0.2) is 0 Å². The van der Waals surface area contributed by atoms with Crippen molar-refractivity contribution in [2.75, 3.05) is 0 Å². The van der Waals surface area contributed by atoms with Gasteiger partial charge in [0, 0.05) is 24.6 Å². The summed E-state index contributed by atoms with van der Waals surface area (Å²) in [6.07, 6.45) is 3.55. The molecule has 0 aliphatic heterocycles. The molecule has 0 saturated carbocycles. The highest BCUT2D eigenvalue weighted by atomic mass is 16.4. The Morgan fingerprint density at radius 3 is 2.41 bits per heavy atom. The normalized spacial score (nSPS) is 13.0. The zero-order valence-corrected chi connectivity index (χ0v) is 14.1. The van der Waals surface area contributed by atoms with E-state index in [0.717, 1.165) is 11.3 Å². The van der Waals surface area contributed by atoms with Crippen LogP contribution in [0.2, 0.25) is 0 Å². The fraction of sp³-hybridized carbons (Fsp3) is 0.688. The SMILES string of the molecule is Cc1nn(C(C)(C)C)cc1C(C)NC(=O)CCCCC(=O)O. The molecule has 1 amide bonds. The molecule has 2 N–H and O–H groups in total. The van der Waals surface area contributed by atoms with Gasteiger partial charge in [-0.1, -0.05) is 0 Å². The smallest absolute Gasteiger partial charge is 0.303 e. The minimum Gasteiger partial charge on any atom is -0.481 e. The number of carbonyl (C=O) groups is 2. The summed E-state index contributed by atoms with van der Waals surface area (Å²) >= 11 is 0. The molecule has 6 heteroatoms. The van der Waals surface area contributed by atoms with Gasteiger partial charge in [-0.05, 0) is 47.5 Å². The minimum atomic E-state index is -0.820. The largest absolute Gasteiger partial charge is 0.481 e. The summed E-state index contributed by atoms with van der Waals surface area (Å²) in [7, 11) is 0. The fourth-order valence-electron chi connectivity index (χ4n) is 2.20. The Morgan fingerprint density at radius 2 is 1.91 bits per heavy atom. The first-order valence-corrected chi connectivity index (χ1v) is 7.69. The molecular weight excluding hydrogens is 282 g/mol. The third kappa shape index (κ3) is 5.50. The van der Waals surface area contributed by atoms with Gasteiger partial charge in [-0.3, -0.25) is 14.3 Å². The van der Waals surface area contributed by atoms with Crippen LogP contribution in [0.3, 0.4) is 0 Å². The lowest BCUT2D eigenvalue weighted by atomic mass is 10.1. The van der Waals surface area contributed by atoms with Gasteiger partial charge in [-0.2, -0.15) is 5.10 Å². The van der Waals surface area contributed by atoms with E-state index in [1.54, 1.807) is 0 Å². The summed E-state index contributed by atoms with van der Waals surface area (Å²) in [6.45, 7) is 10.1. The summed E-state index contributed by atoms with van der Waals surface area (Å²) < 4.78 is 1.91. The Kier molecular flexibility index (Phi) is 6.14. The van der Waals surface area contributed by atoms with Crippen LogP contribution in [-0.2, 0) is 15.1 Å². The molecule has 124 valence electrons. The summed E-state index contributed by atoms with van der Waals surface area (Å²) in [5.41, 5.74) is 1.83. The van der Waals surface area contributed by atoms with Crippen molar-refractivity contribution in [3.63, 3.8) is 0 Å². The van der Waals surface area contributed by atoms with Crippen LogP contribution in [0, 0.1) is 6.92 Å². The third-order valence-electron chi connectivity index (χ3n) is 3.51. The molecule has 1 atom stereocenters. The van der Waals surface area contributed by atoms with Gasteiger partial charge in [0.2, 0.25) is 5.91 Å². The van der Waals surface area contributed by atoms with Gasteiger partial charge in [0.05, 0.1) is 17.3 Å². The number of nitrogens with one attached hydrogen (secondary N) is 1. The number of aryl methyl sites for hydroxylation is 1. The standard InChI is InChI=1S/C16H27N3O3/c1-11(17-14(20)8-6-7-9-15(21)22)13-10-19(16(3,4)5)18-12(13)2/h10-11H,6-9H2,1-5H3,(H,17,20)(H,21,22). The van der Waals surface area contributed by atoms with Crippen LogP contribution in [0.5, 0.6) is 0 Å². The average molecular weight is 309 g/mol. The lowest BCUT2D eigenvalue weighted by Gasteiger charge is -2.19. The Hall–Kier alpha value is -1.85. The minimum absolute atomic E-state index is 0.0548. The average Bonchev–Trinajstić information content (AvgIpc) is 2.76. The number of unbranched alkanes of at least 4 members (excludes halogenated alkanes) is 1. The molecule has 1 heterocycles. The molecular formula is C16H27N3O3. The van der Waals surface area contributed by atoms with Crippen molar-refractivity contribution < 1.29 is 14.7 Å². The highest BCUT2D eigenvalue weighted by Crippen LogP contribution is 2.21. The number of carboxylic acid groups (broad SMARTS) is 1. The van der Waals surface area contributed by atoms with Crippen molar-refractivity contribution in [3.05, 3.63) is 17.5 Å². The number of amides is 1. The van der Waals surface area contributed by atoms with Crippen LogP contribution in [-0.4, -0.2) is 26.8 Å². The number of hydrogen-bond acceptors (Lipinski definition) is 3. The van der Waals surface area contributed by atoms with E-state index >= 15 is 0 Å². The predicted molar refractivity (Wildman–Crippen MR) is 84.6 cm³/mol. The van der Waals surface area contributed by atoms with Crippen LogP contribution in [0.1, 0.15) is 70.7 Å². The maximum absolute atomic E-state index is 11.9. The van der Waals surface area contributed by atoms with Crippen molar-refractivity contribution >= 4 is 11.9 Å². The summed E-state index contributed by atoms with van der Waals surface area (Å²) in [6, 6.07) is -0.108. The van der Waals surface area contributed by atoms with Gasteiger partial charge >= 0.3 is 5.97 Å². The molecule has 0 spiro atoms. The van der Waals surface area contributed by atoms with E-state index in [2.05, 4.69) is 31.2 Å². The second kappa shape index (κ2) is 7.42. The second-order valence-corrected chi connectivity index (χ2v) is 6.68. The van der Waals surface area contributed by atoms with Crippen LogP contribution in [0.25, 0.3) is 0 Å². The van der Waals surface area contributed by atoms with E-state index in [-0.39, 0.29) is 23.9 Å². The van der Waals surface area contributed by atoms with E-state index in [0.29, 0.717) is 19.3 Å². The zero-order chi connectivity index (χ0) is 16.9. The quantitative estimate of drug-likeness (QED) is 0.759. The monoisotopic (exact) mass is 309 g/mol. The Morgan fingerprint density at radius 1 is 1.32 bits per heavy atom. The lowest BCUT2D eigenvalue weighted by Crippen LogP contribution is -2.26. The fourth-order valence-corrected chi connectivity index (χ4v) is 2.20. The highest BCUT2D eigenvalue weighted by molar-refractivity contribution is 5.76. The number of nitrogens with zero attached hydrogens (tertiary/aromatic N) is 2. The molecule has 1 rings (SSSR count). The lowest BCUT2D eigenvalue weighted by molar-refractivity contribution is -0.137. The molecule has 0 aliphatic rings. The Bertz CT molecular complexity index is 529. The van der Waals surface area contributed by atoms with Crippen molar-refractivity contribution in [2.45, 2.75) is 71.9 Å². The molecule has 0 aliphatic carbocycles. The van der Waals surface area contributed by atoms with Gasteiger partial charge < -0.3 is 10.4 Å². The van der Waals surface area contributed by atoms with Crippen molar-refractivity contribution in [3.8, 4) is 0 Å². The number of aromatic nitrogens is 2. The first-order valence-electron chi connectivity index (χ1n) is 7.69. The Labute approximate surface area is 131 Å². The van der Waals surface area contributed by atoms with E-state index in [9.17, 15) is 9.59 Å². The molecule has 0 fully saturated rings. The van der Waals surface area contributed by atoms with E-state index in [4.69, 9.17) is 5.11 Å². The Balaban J connectivity index is 2.54. The maximum Gasteiger partial charge on any atom is 0.303 e. The maximum atomic E-state index is 11.9. The van der Waals surface area contributed by atoms with E-state index < -0.39 is 5.97 Å². The van der Waals surface area contributed by atoms with Gasteiger partial charge in [0.1, 0.15) is 0 Å². The number of carboxylic acids is 1. The number of carbonyl (C=O) groups excluding carboxylic acids is 1. The molecule has 1 aromatic rings. The van der Waals surface area contributed by atoms with Gasteiger partial charge in [-0.25, -0.2) is 0 Å². The molecule has 1 unspecified atom stereocenters. The van der Waals surface area contributed by atoms with Gasteiger partial charge in [0.25, 0.3) is 0 Å². The number of hydrogen-bond donors (Lipinski definition) is 2. The first kappa shape index (κ1) is 18.2. The molecule has 0 bridgehead atoms. The molecule has 6 nitrogen and oxygen atoms in total. The predicted octanol–water partition coefficient (Wildman–Crippen LogP) is 2.77. The van der Waals surface area contributed by atoms with Crippen molar-refractivity contribution in [1.29, 1.82) is 0 Å². The molecule has 22 heavy (non-hydrogen) atoms. The highest BCUT2D eigenvalue weighted by Gasteiger charge is 2.20. The number of rotatable bonds is 7. The molecule has 1 aromatic heterocycles. The summed E-state index contributed by atoms with van der Waals surface area (Å²) in [5, 5.41) is 16.0. The topological polar surface area (TPSA) is 84.2 Å². The number of aliphatic carboxylic acids is 1. The zero-order valence-electron chi connectivity index (χ0n) is 14.1. The molecule has 0 saturated heterocycles. The van der Waals surface area contributed by atoms with Gasteiger partial charge in [-0.15, -0.1) is 0 Å². The molecule has 0 aromatic carbocycles. The summed E-state index contributed by atoms with van der Waals surface area (Å²) in [4.78, 5) is 22.3. The van der Waals surface area contributed by atoms with Crippen molar-refractivity contribution in [1.82, 2.24) is 15.1 Å². The molecule has 0 radical (unpaired) electrons. The summed E-state index contributed by atoms with van der Waals surface area (Å²) in [5.74, 6) is -0.875. The van der Waals surface area contributed by atoms with Crippen molar-refractivity contribution in [2.24, 2.45) is 0 Å². The second-order valence-electron chi connectivity index (χ2n) is 6.68. The van der Waals surface area contributed by atoms with Crippen LogP contribution >= 0.6 is 0 Å². The van der Waals surface area contributed by atoms with Crippen LogP contribution in [0.15, 0.2) is 6.20 Å². The first-order chi connectivity index (χ1) is 10.1. The van der Waals surface area contributed by atoms with Crippen LogP contribution < -0.4 is 5.32 Å². The van der Waals surface area contributed by atoms with E-state index in [1.165, 1.54) is 0 Å².